The first-order valence-corrected chi connectivity index (χ1v) is 5.69. The van der Waals surface area contributed by atoms with E-state index in [1.807, 2.05) is 12.1 Å². The third-order valence-corrected chi connectivity index (χ3v) is 3.71. The minimum absolute atomic E-state index is 0.00519. The standard InChI is InChI=1S/C11H11ClOS/c1-11(2)6-9(13)8-4-3-7(12)5-10(8)14-11/h3-5H,6H2,1-2H3. The summed E-state index contributed by atoms with van der Waals surface area (Å²) >= 11 is 7.62. The van der Waals surface area contributed by atoms with E-state index in [2.05, 4.69) is 13.8 Å². The van der Waals surface area contributed by atoms with Crippen LogP contribution in [-0.2, 0) is 0 Å². The summed E-state index contributed by atoms with van der Waals surface area (Å²) in [6.07, 6.45) is 0.603. The predicted molar refractivity (Wildman–Crippen MR) is 60.3 cm³/mol. The molecule has 0 spiro atoms. The molecular formula is C11H11ClOS. The molecule has 3 heteroatoms. The van der Waals surface area contributed by atoms with Crippen LogP contribution in [0.25, 0.3) is 0 Å². The molecule has 1 aromatic rings. The Morgan fingerprint density at radius 3 is 2.86 bits per heavy atom. The number of hydrogen-bond donors (Lipinski definition) is 0. The van der Waals surface area contributed by atoms with Crippen LogP contribution in [0.5, 0.6) is 0 Å². The van der Waals surface area contributed by atoms with Gasteiger partial charge >= 0.3 is 0 Å². The summed E-state index contributed by atoms with van der Waals surface area (Å²) in [6, 6.07) is 5.47. The van der Waals surface area contributed by atoms with Gasteiger partial charge in [0.1, 0.15) is 0 Å². The van der Waals surface area contributed by atoms with Crippen molar-refractivity contribution in [3.8, 4) is 0 Å². The van der Waals surface area contributed by atoms with Crippen LogP contribution in [0.15, 0.2) is 23.1 Å². The number of Topliss-reactive ketones (excluding diaryl/α,β-unsaturated/α-hetero) is 1. The topological polar surface area (TPSA) is 17.1 Å². The molecule has 0 saturated carbocycles. The van der Waals surface area contributed by atoms with Gasteiger partial charge in [0.2, 0.25) is 0 Å². The number of carbonyl (C=O) groups excluding carboxylic acids is 1. The Hall–Kier alpha value is -0.470. The van der Waals surface area contributed by atoms with E-state index in [1.165, 1.54) is 0 Å². The highest BCUT2D eigenvalue weighted by molar-refractivity contribution is 8.00. The van der Waals surface area contributed by atoms with E-state index in [4.69, 9.17) is 11.6 Å². The van der Waals surface area contributed by atoms with Crippen molar-refractivity contribution in [2.75, 3.05) is 0 Å². The van der Waals surface area contributed by atoms with Crippen LogP contribution in [-0.4, -0.2) is 10.5 Å². The summed E-state index contributed by atoms with van der Waals surface area (Å²) < 4.78 is -0.00519. The molecule has 1 aliphatic rings. The summed E-state index contributed by atoms with van der Waals surface area (Å²) in [5, 5.41) is 0.696. The second kappa shape index (κ2) is 3.28. The third-order valence-electron chi connectivity index (χ3n) is 2.22. The highest BCUT2D eigenvalue weighted by Crippen LogP contribution is 2.43. The Morgan fingerprint density at radius 1 is 1.43 bits per heavy atom. The maximum Gasteiger partial charge on any atom is 0.165 e. The largest absolute Gasteiger partial charge is 0.294 e. The number of carbonyl (C=O) groups is 1. The fourth-order valence-corrected chi connectivity index (χ4v) is 3.14. The van der Waals surface area contributed by atoms with E-state index in [-0.39, 0.29) is 10.5 Å². The molecule has 0 amide bonds. The van der Waals surface area contributed by atoms with Crippen molar-refractivity contribution in [1.82, 2.24) is 0 Å². The van der Waals surface area contributed by atoms with E-state index in [1.54, 1.807) is 17.8 Å². The van der Waals surface area contributed by atoms with Crippen molar-refractivity contribution in [3.63, 3.8) is 0 Å². The van der Waals surface area contributed by atoms with E-state index >= 15 is 0 Å². The summed E-state index contributed by atoms with van der Waals surface area (Å²) in [5.41, 5.74) is 0.818. The SMILES string of the molecule is CC1(C)CC(=O)c2ccc(Cl)cc2S1. The second-order valence-corrected chi connectivity index (χ2v) is 6.29. The Kier molecular flexibility index (Phi) is 2.36. The maximum absolute atomic E-state index is 11.8. The summed E-state index contributed by atoms with van der Waals surface area (Å²) in [7, 11) is 0. The first-order chi connectivity index (χ1) is 6.48. The van der Waals surface area contributed by atoms with Gasteiger partial charge in [-0.05, 0) is 32.0 Å². The van der Waals surface area contributed by atoms with Gasteiger partial charge < -0.3 is 0 Å². The zero-order valence-electron chi connectivity index (χ0n) is 8.13. The van der Waals surface area contributed by atoms with Crippen LogP contribution in [0.1, 0.15) is 30.6 Å². The molecule has 1 heterocycles. The zero-order chi connectivity index (χ0) is 10.3. The van der Waals surface area contributed by atoms with E-state index in [9.17, 15) is 4.79 Å². The summed E-state index contributed by atoms with van der Waals surface area (Å²) in [5.74, 6) is 0.223. The monoisotopic (exact) mass is 226 g/mol. The highest BCUT2D eigenvalue weighted by atomic mass is 35.5. The van der Waals surface area contributed by atoms with Gasteiger partial charge in [-0.15, -0.1) is 11.8 Å². The first kappa shape index (κ1) is 10.1. The maximum atomic E-state index is 11.8. The Labute approximate surface area is 92.8 Å². The molecule has 0 aliphatic carbocycles. The molecule has 0 atom stereocenters. The first-order valence-electron chi connectivity index (χ1n) is 4.50. The molecule has 14 heavy (non-hydrogen) atoms. The Morgan fingerprint density at radius 2 is 2.14 bits per heavy atom. The van der Waals surface area contributed by atoms with E-state index in [0.717, 1.165) is 10.5 Å². The lowest BCUT2D eigenvalue weighted by Gasteiger charge is -2.29. The average molecular weight is 227 g/mol. The molecule has 1 aliphatic heterocycles. The molecule has 0 bridgehead atoms. The van der Waals surface area contributed by atoms with Crippen LogP contribution in [0, 0.1) is 0 Å². The lowest BCUT2D eigenvalue weighted by atomic mass is 9.99. The van der Waals surface area contributed by atoms with E-state index in [0.29, 0.717) is 11.4 Å². The zero-order valence-corrected chi connectivity index (χ0v) is 9.71. The van der Waals surface area contributed by atoms with Gasteiger partial charge in [0.05, 0.1) is 0 Å². The third kappa shape index (κ3) is 1.82. The molecular weight excluding hydrogens is 216 g/mol. The molecule has 1 nitrogen and oxygen atoms in total. The van der Waals surface area contributed by atoms with Gasteiger partial charge in [0, 0.05) is 26.6 Å². The van der Waals surface area contributed by atoms with Gasteiger partial charge in [0.25, 0.3) is 0 Å². The molecule has 74 valence electrons. The van der Waals surface area contributed by atoms with Crippen molar-refractivity contribution in [2.45, 2.75) is 29.9 Å². The molecule has 1 aromatic carbocycles. The number of hydrogen-bond acceptors (Lipinski definition) is 2. The quantitative estimate of drug-likeness (QED) is 0.670. The van der Waals surface area contributed by atoms with Crippen molar-refractivity contribution in [1.29, 1.82) is 0 Å². The number of halogens is 1. The Bertz CT molecular complexity index is 398. The number of benzene rings is 1. The molecule has 0 fully saturated rings. The molecule has 0 N–H and O–H groups in total. The van der Waals surface area contributed by atoms with Gasteiger partial charge in [-0.1, -0.05) is 11.6 Å². The number of rotatable bonds is 0. The van der Waals surface area contributed by atoms with Gasteiger partial charge in [-0.3, -0.25) is 4.79 Å². The smallest absolute Gasteiger partial charge is 0.165 e. The average Bonchev–Trinajstić information content (AvgIpc) is 2.00. The van der Waals surface area contributed by atoms with Crippen LogP contribution < -0.4 is 0 Å². The van der Waals surface area contributed by atoms with E-state index < -0.39 is 0 Å². The number of thioether (sulfide) groups is 1. The van der Waals surface area contributed by atoms with Crippen molar-refractivity contribution < 1.29 is 4.79 Å². The molecule has 0 radical (unpaired) electrons. The summed E-state index contributed by atoms with van der Waals surface area (Å²) in [4.78, 5) is 12.8. The van der Waals surface area contributed by atoms with Crippen molar-refractivity contribution >= 4 is 29.1 Å². The highest BCUT2D eigenvalue weighted by Gasteiger charge is 2.31. The van der Waals surface area contributed by atoms with Gasteiger partial charge in [-0.2, -0.15) is 0 Å². The second-order valence-electron chi connectivity index (χ2n) is 4.10. The van der Waals surface area contributed by atoms with Crippen LogP contribution in [0.4, 0.5) is 0 Å². The molecule has 0 aromatic heterocycles. The van der Waals surface area contributed by atoms with Crippen molar-refractivity contribution in [2.24, 2.45) is 0 Å². The molecule has 0 unspecified atom stereocenters. The lowest BCUT2D eigenvalue weighted by molar-refractivity contribution is 0.0967. The minimum Gasteiger partial charge on any atom is -0.294 e. The minimum atomic E-state index is -0.00519. The number of fused-ring (bicyclic) bond motifs is 1. The summed E-state index contributed by atoms with van der Waals surface area (Å²) in [6.45, 7) is 4.17. The predicted octanol–water partition coefficient (Wildman–Crippen LogP) is 3.80. The van der Waals surface area contributed by atoms with Crippen LogP contribution >= 0.6 is 23.4 Å². The van der Waals surface area contributed by atoms with Crippen LogP contribution in [0.2, 0.25) is 5.02 Å². The van der Waals surface area contributed by atoms with Crippen LogP contribution in [0.3, 0.4) is 0 Å². The normalized spacial score (nSPS) is 19.2. The van der Waals surface area contributed by atoms with Gasteiger partial charge in [0.15, 0.2) is 5.78 Å². The fourth-order valence-electron chi connectivity index (χ4n) is 1.63. The fraction of sp³-hybridized carbons (Fsp3) is 0.364. The molecule has 0 saturated heterocycles. The lowest BCUT2D eigenvalue weighted by Crippen LogP contribution is -2.25. The van der Waals surface area contributed by atoms with Gasteiger partial charge in [-0.25, -0.2) is 0 Å². The van der Waals surface area contributed by atoms with Crippen molar-refractivity contribution in [3.05, 3.63) is 28.8 Å². The Balaban J connectivity index is 2.51. The number of ketones is 1. The molecule has 2 rings (SSSR count).